The molecular weight excluding hydrogens is 435 g/mol. The molecule has 1 aromatic carbocycles. The van der Waals surface area contributed by atoms with Gasteiger partial charge in [-0.3, -0.25) is 0 Å². The third-order valence-electron chi connectivity index (χ3n) is 7.06. The Morgan fingerprint density at radius 3 is 2.64 bits per heavy atom. The Labute approximate surface area is 196 Å². The van der Waals surface area contributed by atoms with E-state index in [9.17, 15) is 9.18 Å². The number of hydrogen-bond acceptors (Lipinski definition) is 5. The van der Waals surface area contributed by atoms with Gasteiger partial charge in [0, 0.05) is 22.5 Å². The number of nitrogens with zero attached hydrogens (tertiary/aromatic N) is 4. The van der Waals surface area contributed by atoms with Crippen molar-refractivity contribution in [3.8, 4) is 22.0 Å². The van der Waals surface area contributed by atoms with Crippen LogP contribution in [0.1, 0.15) is 42.2 Å². The quantitative estimate of drug-likeness (QED) is 0.451. The van der Waals surface area contributed by atoms with Gasteiger partial charge in [-0.1, -0.05) is 32.1 Å². The van der Waals surface area contributed by atoms with Crippen molar-refractivity contribution in [3.63, 3.8) is 0 Å². The summed E-state index contributed by atoms with van der Waals surface area (Å²) < 4.78 is 15.0. The molecule has 3 aromatic rings. The minimum atomic E-state index is -0.619. The van der Waals surface area contributed by atoms with Crippen molar-refractivity contribution in [2.75, 3.05) is 0 Å². The molecule has 0 fully saturated rings. The lowest BCUT2D eigenvalue weighted by molar-refractivity contribution is -0.121. The lowest BCUT2D eigenvalue weighted by Gasteiger charge is -2.46. The van der Waals surface area contributed by atoms with Crippen LogP contribution in [0.2, 0.25) is 0 Å². The van der Waals surface area contributed by atoms with Crippen molar-refractivity contribution in [3.05, 3.63) is 75.2 Å². The Kier molecular flexibility index (Phi) is 5.02. The smallest absolute Gasteiger partial charge is 0.226 e. The number of fused-ring (bicyclic) bond motifs is 3. The number of hydrogen-bond donors (Lipinski definition) is 0. The number of halogens is 1. The first-order valence-corrected chi connectivity index (χ1v) is 11.8. The standard InChI is InChI=1S/C26H23FN4OS/c1-13-18-11-10-17-21(16-8-6-7-9-19(16)27)30-25(23-14(2)29-15(3)33-23)31-24(17)26(18,4)12-20(28-5)22(13)32/h6-9,12-13,18H,10-11H2,1-4H3/t13-,18-,26-/m1/s1. The van der Waals surface area contributed by atoms with Crippen LogP contribution in [0.15, 0.2) is 36.0 Å². The molecule has 5 rings (SSSR count). The average Bonchev–Trinajstić information content (AvgIpc) is 3.14. The minimum Gasteiger partial charge on any atom is -0.308 e. The van der Waals surface area contributed by atoms with Crippen molar-refractivity contribution in [1.29, 1.82) is 0 Å². The molecule has 0 saturated heterocycles. The van der Waals surface area contributed by atoms with E-state index >= 15 is 0 Å². The molecule has 0 N–H and O–H groups in total. The first-order chi connectivity index (χ1) is 15.7. The molecule has 2 aliphatic carbocycles. The van der Waals surface area contributed by atoms with Gasteiger partial charge in [0.1, 0.15) is 5.82 Å². The van der Waals surface area contributed by atoms with Crippen molar-refractivity contribution in [2.24, 2.45) is 11.8 Å². The van der Waals surface area contributed by atoms with Crippen molar-refractivity contribution >= 4 is 17.1 Å². The molecule has 2 heterocycles. The molecule has 2 aromatic heterocycles. The molecule has 0 saturated carbocycles. The topological polar surface area (TPSA) is 60.1 Å². The summed E-state index contributed by atoms with van der Waals surface area (Å²) in [5.41, 5.74) is 3.07. The number of Topliss-reactive ketones (excluding diaryl/α,β-unsaturated/α-hetero) is 1. The molecule has 7 heteroatoms. The Morgan fingerprint density at radius 1 is 1.21 bits per heavy atom. The summed E-state index contributed by atoms with van der Waals surface area (Å²) in [6, 6.07) is 6.66. The first-order valence-electron chi connectivity index (χ1n) is 11.0. The van der Waals surface area contributed by atoms with Crippen LogP contribution in [0.25, 0.3) is 26.8 Å². The maximum atomic E-state index is 15.0. The molecule has 0 aliphatic heterocycles. The third-order valence-corrected chi connectivity index (χ3v) is 8.12. The Morgan fingerprint density at radius 2 is 1.97 bits per heavy atom. The van der Waals surface area contributed by atoms with E-state index < -0.39 is 5.41 Å². The lowest BCUT2D eigenvalue weighted by Crippen LogP contribution is -2.46. The number of allylic oxidation sites excluding steroid dienone is 2. The predicted molar refractivity (Wildman–Crippen MR) is 126 cm³/mol. The number of benzene rings is 1. The molecule has 166 valence electrons. The van der Waals surface area contributed by atoms with Gasteiger partial charge in [0.2, 0.25) is 5.70 Å². The monoisotopic (exact) mass is 458 g/mol. The zero-order valence-corrected chi connectivity index (χ0v) is 19.8. The summed E-state index contributed by atoms with van der Waals surface area (Å²) >= 11 is 1.51. The van der Waals surface area contributed by atoms with E-state index in [1.165, 1.54) is 17.4 Å². The number of aromatic nitrogens is 3. The number of aryl methyl sites for hydroxylation is 2. The highest BCUT2D eigenvalue weighted by atomic mass is 32.1. The molecule has 3 atom stereocenters. The van der Waals surface area contributed by atoms with Gasteiger partial charge in [-0.25, -0.2) is 24.2 Å². The lowest BCUT2D eigenvalue weighted by atomic mass is 9.58. The normalized spacial score (nSPS) is 24.0. The number of carbonyl (C=O) groups is 1. The van der Waals surface area contributed by atoms with Crippen LogP contribution in [0, 0.1) is 38.1 Å². The number of ketones is 1. The molecule has 2 aliphatic rings. The van der Waals surface area contributed by atoms with Gasteiger partial charge in [0.25, 0.3) is 0 Å². The molecule has 33 heavy (non-hydrogen) atoms. The highest BCUT2D eigenvalue weighted by Crippen LogP contribution is 2.51. The second-order valence-electron chi connectivity index (χ2n) is 9.07. The fourth-order valence-corrected chi connectivity index (χ4v) is 6.32. The van der Waals surface area contributed by atoms with Crippen LogP contribution in [0.5, 0.6) is 0 Å². The predicted octanol–water partition coefficient (Wildman–Crippen LogP) is 5.87. The number of rotatable bonds is 2. The van der Waals surface area contributed by atoms with Crippen molar-refractivity contribution in [2.45, 2.75) is 46.0 Å². The van der Waals surface area contributed by atoms with E-state index in [-0.39, 0.29) is 29.1 Å². The molecule has 0 radical (unpaired) electrons. The van der Waals surface area contributed by atoms with Gasteiger partial charge in [-0.2, -0.15) is 0 Å². The molecule has 5 nitrogen and oxygen atoms in total. The van der Waals surface area contributed by atoms with E-state index in [0.717, 1.165) is 33.3 Å². The summed E-state index contributed by atoms with van der Waals surface area (Å²) in [5, 5.41) is 0.910. The maximum absolute atomic E-state index is 15.0. The van der Waals surface area contributed by atoms with E-state index in [1.807, 2.05) is 20.8 Å². The third kappa shape index (κ3) is 3.24. The highest BCUT2D eigenvalue weighted by molar-refractivity contribution is 7.15. The van der Waals surface area contributed by atoms with Crippen LogP contribution < -0.4 is 0 Å². The molecule has 0 spiro atoms. The Hall–Kier alpha value is -3.24. The van der Waals surface area contributed by atoms with Gasteiger partial charge < -0.3 is 4.79 Å². The number of carbonyl (C=O) groups excluding carboxylic acids is 1. The van der Waals surface area contributed by atoms with Gasteiger partial charge in [0.05, 0.1) is 33.5 Å². The van der Waals surface area contributed by atoms with Gasteiger partial charge in [0.15, 0.2) is 11.6 Å². The van der Waals surface area contributed by atoms with E-state index in [4.69, 9.17) is 16.5 Å². The summed E-state index contributed by atoms with van der Waals surface area (Å²) in [4.78, 5) is 31.6. The Bertz CT molecular complexity index is 1390. The highest BCUT2D eigenvalue weighted by Gasteiger charge is 2.49. The number of thiazole rings is 1. The van der Waals surface area contributed by atoms with Crippen LogP contribution in [0.4, 0.5) is 4.39 Å². The van der Waals surface area contributed by atoms with Crippen molar-refractivity contribution < 1.29 is 9.18 Å². The molecular formula is C26H23FN4OS. The zero-order chi connectivity index (χ0) is 23.5. The van der Waals surface area contributed by atoms with Crippen molar-refractivity contribution in [1.82, 2.24) is 15.0 Å². The van der Waals surface area contributed by atoms with Crippen LogP contribution in [0.3, 0.4) is 0 Å². The van der Waals surface area contributed by atoms with Crippen LogP contribution in [-0.2, 0) is 16.6 Å². The molecule has 0 unspecified atom stereocenters. The SMILES string of the molecule is [C-]#[N+]C1=C[C@@]2(C)c3nc(-c4sc(C)nc4C)nc(-c4ccccc4F)c3CC[C@@H]2[C@@H](C)C1=O. The second kappa shape index (κ2) is 7.67. The maximum Gasteiger partial charge on any atom is 0.226 e. The zero-order valence-electron chi connectivity index (χ0n) is 18.9. The second-order valence-corrected chi connectivity index (χ2v) is 10.3. The Balaban J connectivity index is 1.85. The first kappa shape index (κ1) is 21.6. The van der Waals surface area contributed by atoms with E-state index in [2.05, 4.69) is 16.8 Å². The minimum absolute atomic E-state index is 0.0171. The molecule has 0 amide bonds. The summed E-state index contributed by atoms with van der Waals surface area (Å²) in [6.07, 6.45) is 3.19. The fraction of sp³-hybridized carbons (Fsp3) is 0.346. The summed E-state index contributed by atoms with van der Waals surface area (Å²) in [7, 11) is 0. The molecule has 0 bridgehead atoms. The van der Waals surface area contributed by atoms with Crippen LogP contribution in [-0.4, -0.2) is 20.7 Å². The largest absolute Gasteiger partial charge is 0.308 e. The van der Waals surface area contributed by atoms with Crippen LogP contribution >= 0.6 is 11.3 Å². The van der Waals surface area contributed by atoms with E-state index in [1.54, 1.807) is 24.3 Å². The summed E-state index contributed by atoms with van der Waals surface area (Å²) in [6.45, 7) is 15.4. The van der Waals surface area contributed by atoms with E-state index in [0.29, 0.717) is 23.5 Å². The van der Waals surface area contributed by atoms with Gasteiger partial charge >= 0.3 is 0 Å². The van der Waals surface area contributed by atoms with Gasteiger partial charge in [-0.05, 0) is 44.7 Å². The summed E-state index contributed by atoms with van der Waals surface area (Å²) in [5.74, 6) is -0.186. The fourth-order valence-electron chi connectivity index (χ4n) is 5.46. The van der Waals surface area contributed by atoms with Gasteiger partial charge in [-0.15, -0.1) is 11.3 Å². The average molecular weight is 459 g/mol.